The third-order valence-corrected chi connectivity index (χ3v) is 12.1. The van der Waals surface area contributed by atoms with Gasteiger partial charge in [-0.15, -0.1) is 11.3 Å². The van der Waals surface area contributed by atoms with Crippen molar-refractivity contribution in [1.82, 2.24) is 24.8 Å². The van der Waals surface area contributed by atoms with E-state index in [1.165, 1.54) is 0 Å². The molecule has 2 amide bonds. The van der Waals surface area contributed by atoms with E-state index in [-0.39, 0.29) is 74.9 Å². The second kappa shape index (κ2) is 14.2. The number of nitrogens with zero attached hydrogens (tertiary/aromatic N) is 8. The summed E-state index contributed by atoms with van der Waals surface area (Å²) in [4.78, 5) is 48.9. The Morgan fingerprint density at radius 1 is 0.982 bits per heavy atom. The lowest BCUT2D eigenvalue weighted by atomic mass is 9.93. The van der Waals surface area contributed by atoms with E-state index >= 15 is 8.78 Å². The zero-order valence-corrected chi connectivity index (χ0v) is 34.3. The van der Waals surface area contributed by atoms with E-state index in [9.17, 15) is 14.9 Å². The minimum absolute atomic E-state index is 0.0320. The van der Waals surface area contributed by atoms with E-state index in [1.54, 1.807) is 25.7 Å². The predicted molar refractivity (Wildman–Crippen MR) is 213 cm³/mol. The SMILES string of the molecule is CN(C)[C@H]1CCN(c2nc(N3C4CCC3CN(C(=O)OC(C)(C)C)C4)c3c4c(c(-c5ncc(F)c6sc(NC(=O)OC(C)(C)C)c(C#N)c56)c(F)c3n2)COC4)C1. The number of benzene rings is 1. The smallest absolute Gasteiger partial charge is 0.412 e. The molecule has 0 aliphatic carbocycles. The summed E-state index contributed by atoms with van der Waals surface area (Å²) in [5.74, 6) is -0.451. The number of aromatic nitrogens is 3. The minimum atomic E-state index is -0.826. The van der Waals surface area contributed by atoms with Crippen LogP contribution in [0.15, 0.2) is 6.20 Å². The molecule has 4 aromatic rings. The van der Waals surface area contributed by atoms with Gasteiger partial charge in [0.2, 0.25) is 5.95 Å². The van der Waals surface area contributed by atoms with Crippen LogP contribution in [0.4, 0.5) is 35.1 Å². The number of hydrogen-bond acceptors (Lipinski definition) is 13. The summed E-state index contributed by atoms with van der Waals surface area (Å²) in [6.45, 7) is 13.0. The summed E-state index contributed by atoms with van der Waals surface area (Å²) in [5.41, 5.74) is -0.180. The molecule has 0 saturated carbocycles. The van der Waals surface area contributed by atoms with Gasteiger partial charge in [0.1, 0.15) is 33.6 Å². The van der Waals surface area contributed by atoms with E-state index in [2.05, 4.69) is 31.1 Å². The number of hydrogen-bond donors (Lipinski definition) is 1. The first-order chi connectivity index (χ1) is 26.9. The maximum absolute atomic E-state index is 17.9. The Balaban J connectivity index is 1.31. The summed E-state index contributed by atoms with van der Waals surface area (Å²) < 4.78 is 50.7. The van der Waals surface area contributed by atoms with E-state index < -0.39 is 28.9 Å². The number of likely N-dealkylation sites (tertiary alicyclic amines) is 1. The lowest BCUT2D eigenvalue weighted by Gasteiger charge is -2.42. The first-order valence-corrected chi connectivity index (χ1v) is 20.1. The van der Waals surface area contributed by atoms with E-state index in [0.29, 0.717) is 54.5 Å². The number of carbonyl (C=O) groups is 2. The molecule has 302 valence electrons. The van der Waals surface area contributed by atoms with Gasteiger partial charge in [0.15, 0.2) is 11.6 Å². The number of fused-ring (bicyclic) bond motifs is 6. The first kappa shape index (κ1) is 38.9. The van der Waals surface area contributed by atoms with Crippen LogP contribution in [0.5, 0.6) is 0 Å². The molecular weight excluding hydrogens is 757 g/mol. The molecule has 7 heterocycles. The zero-order valence-electron chi connectivity index (χ0n) is 33.5. The summed E-state index contributed by atoms with van der Waals surface area (Å²) in [7, 11) is 4.06. The van der Waals surface area contributed by atoms with Gasteiger partial charge in [-0.1, -0.05) is 0 Å². The normalized spacial score (nSPS) is 20.8. The van der Waals surface area contributed by atoms with Gasteiger partial charge in [0.05, 0.1) is 40.8 Å². The zero-order chi connectivity index (χ0) is 40.7. The highest BCUT2D eigenvalue weighted by Gasteiger charge is 2.45. The maximum atomic E-state index is 17.9. The monoisotopic (exact) mass is 803 g/mol. The van der Waals surface area contributed by atoms with Crippen molar-refractivity contribution in [3.63, 3.8) is 0 Å². The second-order valence-electron chi connectivity index (χ2n) is 17.4. The van der Waals surface area contributed by atoms with Gasteiger partial charge in [0, 0.05) is 55.3 Å². The largest absolute Gasteiger partial charge is 0.444 e. The van der Waals surface area contributed by atoms with Gasteiger partial charge >= 0.3 is 12.2 Å². The van der Waals surface area contributed by atoms with Crippen LogP contribution >= 0.6 is 11.3 Å². The predicted octanol–water partition coefficient (Wildman–Crippen LogP) is 7.16. The summed E-state index contributed by atoms with van der Waals surface area (Å²) >= 11 is 0.853. The van der Waals surface area contributed by atoms with Crippen LogP contribution in [0.1, 0.15) is 77.5 Å². The van der Waals surface area contributed by atoms with Gasteiger partial charge in [-0.25, -0.2) is 23.4 Å². The van der Waals surface area contributed by atoms with Crippen LogP contribution in [0, 0.1) is 23.0 Å². The van der Waals surface area contributed by atoms with Crippen LogP contribution in [-0.2, 0) is 27.4 Å². The number of nitriles is 1. The van der Waals surface area contributed by atoms with Gasteiger partial charge in [-0.3, -0.25) is 10.3 Å². The number of likely N-dealkylation sites (N-methyl/N-ethyl adjacent to an activating group) is 1. The molecule has 14 nitrogen and oxygen atoms in total. The quantitative estimate of drug-likeness (QED) is 0.218. The number of carbonyl (C=O) groups excluding carboxylic acids is 2. The lowest BCUT2D eigenvalue weighted by molar-refractivity contribution is 0.0209. The molecular formula is C40H47F2N9O5S. The Morgan fingerprint density at radius 3 is 2.30 bits per heavy atom. The van der Waals surface area contributed by atoms with Crippen molar-refractivity contribution in [2.75, 3.05) is 55.4 Å². The highest BCUT2D eigenvalue weighted by Crippen LogP contribution is 2.49. The molecule has 8 rings (SSSR count). The molecule has 1 N–H and O–H groups in total. The maximum Gasteiger partial charge on any atom is 0.412 e. The number of pyridine rings is 1. The average Bonchev–Trinajstić information content (AvgIpc) is 3.92. The molecule has 3 atom stereocenters. The molecule has 0 radical (unpaired) electrons. The molecule has 4 aliphatic rings. The molecule has 3 fully saturated rings. The highest BCUT2D eigenvalue weighted by molar-refractivity contribution is 7.23. The standard InChI is InChI=1S/C40H47F2N9O5S/c1-39(2,3)55-37(52)47-35-23(13-43)28-31(44-14-26(41)33(28)57-35)27-24-18-54-19-25(24)29-32(30(27)42)45-36(49-12-11-20(15-49)48(7)8)46-34(29)51-21-9-10-22(51)17-50(16-21)38(53)56-40(4,5)6/h14,20-22H,9-12,15-19H2,1-8H3,(H,47,52)/t20-,21?,22?/m0/s1. The number of halogens is 2. The summed E-state index contributed by atoms with van der Waals surface area (Å²) in [6.07, 6.45) is 2.31. The van der Waals surface area contributed by atoms with Gasteiger partial charge in [0.25, 0.3) is 0 Å². The number of rotatable bonds is 5. The Hall–Kier alpha value is -4.92. The molecule has 1 aromatic carbocycles. The molecule has 4 aliphatic heterocycles. The molecule has 3 aromatic heterocycles. The summed E-state index contributed by atoms with van der Waals surface area (Å²) in [5, 5.41) is 13.7. The fourth-order valence-corrected chi connectivity index (χ4v) is 9.53. The van der Waals surface area contributed by atoms with Crippen molar-refractivity contribution < 1.29 is 32.6 Å². The molecule has 2 unspecified atom stereocenters. The number of nitrogens with one attached hydrogen (secondary N) is 1. The Kier molecular flexibility index (Phi) is 9.68. The number of thiophene rings is 1. The Morgan fingerprint density at radius 2 is 1.67 bits per heavy atom. The van der Waals surface area contributed by atoms with Crippen LogP contribution in [0.2, 0.25) is 0 Å². The topological polar surface area (TPSA) is 149 Å². The van der Waals surface area contributed by atoms with Crippen molar-refractivity contribution >= 4 is 61.3 Å². The fraction of sp³-hybridized carbons (Fsp3) is 0.550. The number of anilines is 3. The highest BCUT2D eigenvalue weighted by atomic mass is 32.1. The third kappa shape index (κ3) is 7.05. The lowest BCUT2D eigenvalue weighted by Crippen LogP contribution is -2.56. The van der Waals surface area contributed by atoms with Gasteiger partial charge in [-0.05, 0) is 86.0 Å². The van der Waals surface area contributed by atoms with Crippen molar-refractivity contribution in [3.8, 4) is 17.3 Å². The van der Waals surface area contributed by atoms with Gasteiger partial charge < -0.3 is 33.8 Å². The van der Waals surface area contributed by atoms with Crippen LogP contribution < -0.4 is 15.1 Å². The number of amides is 2. The Labute approximate surface area is 333 Å². The second-order valence-corrected chi connectivity index (χ2v) is 18.5. The third-order valence-electron chi connectivity index (χ3n) is 11.0. The van der Waals surface area contributed by atoms with Gasteiger partial charge in [-0.2, -0.15) is 10.2 Å². The Bertz CT molecular complexity index is 2340. The molecule has 2 bridgehead atoms. The molecule has 57 heavy (non-hydrogen) atoms. The fourth-order valence-electron chi connectivity index (χ4n) is 8.50. The van der Waals surface area contributed by atoms with Crippen molar-refractivity contribution in [2.45, 2.75) is 103 Å². The minimum Gasteiger partial charge on any atom is -0.444 e. The van der Waals surface area contributed by atoms with Crippen LogP contribution in [0.25, 0.3) is 32.2 Å². The molecule has 3 saturated heterocycles. The van der Waals surface area contributed by atoms with Crippen molar-refractivity contribution in [3.05, 3.63) is 34.5 Å². The summed E-state index contributed by atoms with van der Waals surface area (Å²) in [6, 6.07) is 2.14. The van der Waals surface area contributed by atoms with Crippen molar-refractivity contribution in [1.29, 1.82) is 5.26 Å². The first-order valence-electron chi connectivity index (χ1n) is 19.2. The van der Waals surface area contributed by atoms with Crippen molar-refractivity contribution in [2.24, 2.45) is 0 Å². The number of ether oxygens (including phenoxy) is 3. The van der Waals surface area contributed by atoms with E-state index in [0.717, 1.165) is 36.8 Å². The van der Waals surface area contributed by atoms with Crippen LogP contribution in [0.3, 0.4) is 0 Å². The molecule has 17 heteroatoms. The molecule has 0 spiro atoms. The average molecular weight is 804 g/mol. The van der Waals surface area contributed by atoms with E-state index in [4.69, 9.17) is 24.2 Å². The van der Waals surface area contributed by atoms with Crippen LogP contribution in [-0.4, -0.2) is 107 Å². The van der Waals surface area contributed by atoms with E-state index in [1.807, 2.05) is 34.9 Å². The number of piperazine rings is 1.